The number of piperidine rings is 1. The van der Waals surface area contributed by atoms with Crippen molar-refractivity contribution in [2.24, 2.45) is 0 Å². The Labute approximate surface area is 96.9 Å². The van der Waals surface area contributed by atoms with E-state index in [1.54, 1.807) is 0 Å². The third-order valence-electron chi connectivity index (χ3n) is 2.87. The first kappa shape index (κ1) is 11.2. The number of aliphatic hydroxyl groups excluding tert-OH is 1. The molecule has 0 radical (unpaired) electrons. The Morgan fingerprint density at radius 2 is 1.88 bits per heavy atom. The summed E-state index contributed by atoms with van der Waals surface area (Å²) < 4.78 is 0. The maximum absolute atomic E-state index is 9.37. The lowest BCUT2D eigenvalue weighted by Crippen LogP contribution is -2.35. The maximum atomic E-state index is 9.37. The summed E-state index contributed by atoms with van der Waals surface area (Å²) in [5.74, 6) is 6.33. The summed E-state index contributed by atoms with van der Waals surface area (Å²) in [5.41, 5.74) is 1.07. The van der Waals surface area contributed by atoms with Crippen molar-refractivity contribution in [1.82, 2.24) is 4.90 Å². The van der Waals surface area contributed by atoms with Crippen LogP contribution in [-0.4, -0.2) is 35.7 Å². The van der Waals surface area contributed by atoms with Gasteiger partial charge in [0, 0.05) is 18.7 Å². The molecule has 0 aromatic heterocycles. The second-order valence-corrected chi connectivity index (χ2v) is 4.18. The molecule has 0 bridgehead atoms. The second kappa shape index (κ2) is 5.69. The van der Waals surface area contributed by atoms with Gasteiger partial charge in [0.15, 0.2) is 0 Å². The van der Waals surface area contributed by atoms with Gasteiger partial charge in [-0.25, -0.2) is 0 Å². The minimum Gasteiger partial charge on any atom is -0.393 e. The number of hydrogen-bond acceptors (Lipinski definition) is 2. The predicted octanol–water partition coefficient (Wildman–Crippen LogP) is 1.49. The van der Waals surface area contributed by atoms with Crippen molar-refractivity contribution in [1.29, 1.82) is 0 Å². The molecule has 1 saturated heterocycles. The van der Waals surface area contributed by atoms with Gasteiger partial charge >= 0.3 is 0 Å². The van der Waals surface area contributed by atoms with Gasteiger partial charge in [-0.1, -0.05) is 30.0 Å². The van der Waals surface area contributed by atoms with E-state index in [-0.39, 0.29) is 6.10 Å². The fourth-order valence-electron chi connectivity index (χ4n) is 1.85. The molecule has 1 aliphatic rings. The molecule has 16 heavy (non-hydrogen) atoms. The molecule has 0 atom stereocenters. The van der Waals surface area contributed by atoms with Crippen LogP contribution in [0.5, 0.6) is 0 Å². The van der Waals surface area contributed by atoms with E-state index in [1.165, 1.54) is 0 Å². The highest BCUT2D eigenvalue weighted by molar-refractivity contribution is 5.33. The zero-order valence-electron chi connectivity index (χ0n) is 9.39. The Hall–Kier alpha value is -1.30. The van der Waals surface area contributed by atoms with Crippen LogP contribution in [0.1, 0.15) is 18.4 Å². The van der Waals surface area contributed by atoms with Crippen molar-refractivity contribution in [3.8, 4) is 11.8 Å². The Morgan fingerprint density at radius 3 is 2.56 bits per heavy atom. The second-order valence-electron chi connectivity index (χ2n) is 4.18. The molecule has 0 aliphatic carbocycles. The molecule has 1 heterocycles. The largest absolute Gasteiger partial charge is 0.393 e. The van der Waals surface area contributed by atoms with E-state index in [0.717, 1.165) is 38.0 Å². The zero-order chi connectivity index (χ0) is 11.2. The first-order valence-electron chi connectivity index (χ1n) is 5.79. The van der Waals surface area contributed by atoms with Crippen LogP contribution in [-0.2, 0) is 0 Å². The van der Waals surface area contributed by atoms with Crippen LogP contribution in [0.25, 0.3) is 0 Å². The standard InChI is InChI=1S/C14H17NO/c16-14-8-11-15(12-9-14)10-4-7-13-5-2-1-3-6-13/h1-3,5-6,14,16H,8-12H2. The lowest BCUT2D eigenvalue weighted by Gasteiger charge is -2.27. The quantitative estimate of drug-likeness (QED) is 0.718. The number of likely N-dealkylation sites (tertiary alicyclic amines) is 1. The number of rotatable bonds is 1. The third-order valence-corrected chi connectivity index (χ3v) is 2.87. The maximum Gasteiger partial charge on any atom is 0.0605 e. The van der Waals surface area contributed by atoms with Crippen LogP contribution in [0.4, 0.5) is 0 Å². The summed E-state index contributed by atoms with van der Waals surface area (Å²) in [4.78, 5) is 2.29. The molecule has 2 rings (SSSR count). The molecule has 1 fully saturated rings. The van der Waals surface area contributed by atoms with E-state index < -0.39 is 0 Å². The molecule has 1 aromatic carbocycles. The molecule has 0 amide bonds. The van der Waals surface area contributed by atoms with Gasteiger partial charge in [-0.15, -0.1) is 0 Å². The Balaban J connectivity index is 1.82. The molecule has 0 saturated carbocycles. The Morgan fingerprint density at radius 1 is 1.19 bits per heavy atom. The lowest BCUT2D eigenvalue weighted by molar-refractivity contribution is 0.0889. The summed E-state index contributed by atoms with van der Waals surface area (Å²) in [6.45, 7) is 2.73. The summed E-state index contributed by atoms with van der Waals surface area (Å²) in [6.07, 6.45) is 1.67. The molecule has 2 heteroatoms. The van der Waals surface area contributed by atoms with Gasteiger partial charge in [0.2, 0.25) is 0 Å². The fourth-order valence-corrected chi connectivity index (χ4v) is 1.85. The topological polar surface area (TPSA) is 23.5 Å². The van der Waals surface area contributed by atoms with Gasteiger partial charge in [0.25, 0.3) is 0 Å². The summed E-state index contributed by atoms with van der Waals surface area (Å²) in [7, 11) is 0. The highest BCUT2D eigenvalue weighted by Crippen LogP contribution is 2.08. The first-order chi connectivity index (χ1) is 7.84. The number of nitrogens with zero attached hydrogens (tertiary/aromatic N) is 1. The van der Waals surface area contributed by atoms with Gasteiger partial charge in [0.05, 0.1) is 12.6 Å². The molecule has 1 aromatic rings. The monoisotopic (exact) mass is 215 g/mol. The zero-order valence-corrected chi connectivity index (χ0v) is 9.39. The van der Waals surface area contributed by atoms with Crippen LogP contribution in [0, 0.1) is 11.8 Å². The molecule has 84 valence electrons. The van der Waals surface area contributed by atoms with Crippen molar-refractivity contribution in [2.75, 3.05) is 19.6 Å². The summed E-state index contributed by atoms with van der Waals surface area (Å²) in [5, 5.41) is 9.37. The van der Waals surface area contributed by atoms with Gasteiger partial charge in [-0.05, 0) is 25.0 Å². The lowest BCUT2D eigenvalue weighted by atomic mass is 10.1. The summed E-state index contributed by atoms with van der Waals surface area (Å²) >= 11 is 0. The highest BCUT2D eigenvalue weighted by Gasteiger charge is 2.15. The van der Waals surface area contributed by atoms with E-state index in [1.807, 2.05) is 30.3 Å². The fraction of sp³-hybridized carbons (Fsp3) is 0.429. The molecular weight excluding hydrogens is 198 g/mol. The van der Waals surface area contributed by atoms with E-state index in [4.69, 9.17) is 0 Å². The SMILES string of the molecule is OC1CCN(CC#Cc2ccccc2)CC1. The minimum atomic E-state index is -0.0988. The average molecular weight is 215 g/mol. The molecule has 0 unspecified atom stereocenters. The van der Waals surface area contributed by atoms with Crippen LogP contribution in [0.2, 0.25) is 0 Å². The average Bonchev–Trinajstić information content (AvgIpc) is 2.33. The van der Waals surface area contributed by atoms with E-state index in [2.05, 4.69) is 16.7 Å². The van der Waals surface area contributed by atoms with Gasteiger partial charge < -0.3 is 5.11 Å². The van der Waals surface area contributed by atoms with Gasteiger partial charge in [-0.2, -0.15) is 0 Å². The van der Waals surface area contributed by atoms with Crippen molar-refractivity contribution < 1.29 is 5.11 Å². The molecule has 1 aliphatic heterocycles. The normalized spacial score (nSPS) is 17.8. The molecular formula is C14H17NO. The first-order valence-corrected chi connectivity index (χ1v) is 5.79. The number of hydrogen-bond donors (Lipinski definition) is 1. The van der Waals surface area contributed by atoms with E-state index >= 15 is 0 Å². The Bertz CT molecular complexity index is 369. The van der Waals surface area contributed by atoms with Gasteiger partial charge in [0.1, 0.15) is 0 Å². The minimum absolute atomic E-state index is 0.0988. The number of aliphatic hydroxyl groups is 1. The van der Waals surface area contributed by atoms with E-state index in [9.17, 15) is 5.11 Å². The Kier molecular flexibility index (Phi) is 3.98. The van der Waals surface area contributed by atoms with Crippen LogP contribution in [0.3, 0.4) is 0 Å². The van der Waals surface area contributed by atoms with Crippen molar-refractivity contribution in [3.63, 3.8) is 0 Å². The number of benzene rings is 1. The van der Waals surface area contributed by atoms with Crippen LogP contribution >= 0.6 is 0 Å². The van der Waals surface area contributed by atoms with Crippen molar-refractivity contribution in [2.45, 2.75) is 18.9 Å². The third kappa shape index (κ3) is 3.37. The van der Waals surface area contributed by atoms with Crippen LogP contribution < -0.4 is 0 Å². The van der Waals surface area contributed by atoms with Gasteiger partial charge in [-0.3, -0.25) is 4.90 Å². The highest BCUT2D eigenvalue weighted by atomic mass is 16.3. The predicted molar refractivity (Wildman–Crippen MR) is 65.0 cm³/mol. The van der Waals surface area contributed by atoms with Crippen LogP contribution in [0.15, 0.2) is 30.3 Å². The van der Waals surface area contributed by atoms with Crippen molar-refractivity contribution >= 4 is 0 Å². The summed E-state index contributed by atoms with van der Waals surface area (Å²) in [6, 6.07) is 10.0. The van der Waals surface area contributed by atoms with E-state index in [0.29, 0.717) is 0 Å². The molecule has 0 spiro atoms. The molecule has 1 N–H and O–H groups in total. The molecule has 2 nitrogen and oxygen atoms in total. The smallest absolute Gasteiger partial charge is 0.0605 e. The van der Waals surface area contributed by atoms with Crippen molar-refractivity contribution in [3.05, 3.63) is 35.9 Å².